The van der Waals surface area contributed by atoms with Crippen LogP contribution in [-0.4, -0.2) is 29.4 Å². The van der Waals surface area contributed by atoms with E-state index in [-0.39, 0.29) is 17.1 Å². The second kappa shape index (κ2) is 6.95. The summed E-state index contributed by atoms with van der Waals surface area (Å²) in [7, 11) is 1.44. The van der Waals surface area contributed by atoms with Crippen LogP contribution in [0.15, 0.2) is 46.0 Å². The predicted molar refractivity (Wildman–Crippen MR) is 85.5 cm³/mol. The van der Waals surface area contributed by atoms with Crippen molar-refractivity contribution in [2.75, 3.05) is 7.11 Å². The monoisotopic (exact) mass is 364 g/mol. The first kappa shape index (κ1) is 15.8. The number of carbonyl (C=O) groups is 1. The lowest BCUT2D eigenvalue weighted by molar-refractivity contribution is 0.0952. The lowest BCUT2D eigenvalue weighted by Gasteiger charge is -2.05. The van der Waals surface area contributed by atoms with Gasteiger partial charge in [0.1, 0.15) is 5.75 Å². The van der Waals surface area contributed by atoms with Crippen LogP contribution in [0.5, 0.6) is 17.2 Å². The maximum absolute atomic E-state index is 11.9. The van der Waals surface area contributed by atoms with Gasteiger partial charge in [-0.3, -0.25) is 4.79 Å². The quantitative estimate of drug-likeness (QED) is 0.574. The SMILES string of the molecule is COc1cccc(/C=N/NC(=O)c2cc(Br)ccc2O)c1O. The number of nitrogens with zero attached hydrogens (tertiary/aromatic N) is 1. The Balaban J connectivity index is 2.12. The highest BCUT2D eigenvalue weighted by Crippen LogP contribution is 2.28. The maximum atomic E-state index is 11.9. The van der Waals surface area contributed by atoms with Gasteiger partial charge in [-0.05, 0) is 30.3 Å². The molecule has 0 aliphatic heterocycles. The largest absolute Gasteiger partial charge is 0.507 e. The summed E-state index contributed by atoms with van der Waals surface area (Å²) in [5.74, 6) is -0.495. The highest BCUT2D eigenvalue weighted by atomic mass is 79.9. The molecule has 0 aromatic heterocycles. The number of hydrogen-bond acceptors (Lipinski definition) is 5. The van der Waals surface area contributed by atoms with Crippen LogP contribution < -0.4 is 10.2 Å². The molecule has 0 radical (unpaired) electrons. The van der Waals surface area contributed by atoms with Crippen molar-refractivity contribution in [2.24, 2.45) is 5.10 Å². The number of nitrogens with one attached hydrogen (secondary N) is 1. The van der Waals surface area contributed by atoms with E-state index in [0.29, 0.717) is 15.8 Å². The number of aromatic hydroxyl groups is 2. The van der Waals surface area contributed by atoms with E-state index in [1.165, 1.54) is 25.5 Å². The molecule has 6 nitrogen and oxygen atoms in total. The molecule has 22 heavy (non-hydrogen) atoms. The van der Waals surface area contributed by atoms with Crippen molar-refractivity contribution in [1.82, 2.24) is 5.43 Å². The molecule has 0 heterocycles. The summed E-state index contributed by atoms with van der Waals surface area (Å²) in [5.41, 5.74) is 2.75. The Bertz CT molecular complexity index is 731. The summed E-state index contributed by atoms with van der Waals surface area (Å²) < 4.78 is 5.63. The van der Waals surface area contributed by atoms with Crippen molar-refractivity contribution < 1.29 is 19.7 Å². The van der Waals surface area contributed by atoms with Crippen LogP contribution in [0.25, 0.3) is 0 Å². The lowest BCUT2D eigenvalue weighted by Crippen LogP contribution is -2.17. The van der Waals surface area contributed by atoms with E-state index >= 15 is 0 Å². The Kier molecular flexibility index (Phi) is 5.00. The minimum absolute atomic E-state index is 0.0756. The molecular weight excluding hydrogens is 352 g/mol. The second-order valence-corrected chi connectivity index (χ2v) is 5.17. The van der Waals surface area contributed by atoms with Crippen molar-refractivity contribution >= 4 is 28.1 Å². The third kappa shape index (κ3) is 3.56. The number of amides is 1. The molecule has 7 heteroatoms. The van der Waals surface area contributed by atoms with Gasteiger partial charge in [-0.25, -0.2) is 5.43 Å². The van der Waals surface area contributed by atoms with E-state index in [0.717, 1.165) is 0 Å². The summed E-state index contributed by atoms with van der Waals surface area (Å²) in [4.78, 5) is 11.9. The van der Waals surface area contributed by atoms with E-state index in [1.807, 2.05) is 0 Å². The molecule has 2 aromatic rings. The Morgan fingerprint density at radius 2 is 2.09 bits per heavy atom. The first-order valence-electron chi connectivity index (χ1n) is 6.21. The Morgan fingerprint density at radius 3 is 2.82 bits per heavy atom. The molecule has 114 valence electrons. The number of hydrazone groups is 1. The summed E-state index contributed by atoms with van der Waals surface area (Å²) in [6.07, 6.45) is 1.28. The van der Waals surface area contributed by atoms with Gasteiger partial charge in [-0.2, -0.15) is 5.10 Å². The minimum Gasteiger partial charge on any atom is -0.507 e. The molecule has 0 spiro atoms. The van der Waals surface area contributed by atoms with Crippen molar-refractivity contribution in [1.29, 1.82) is 0 Å². The van der Waals surface area contributed by atoms with Crippen LogP contribution in [-0.2, 0) is 0 Å². The standard InChI is InChI=1S/C15H13BrN2O4/c1-22-13-4-2-3-9(14(13)20)8-17-18-15(21)11-7-10(16)5-6-12(11)19/h2-8,19-20H,1H3,(H,18,21)/b17-8+. The van der Waals surface area contributed by atoms with Gasteiger partial charge in [-0.15, -0.1) is 0 Å². The number of para-hydroxylation sites is 1. The van der Waals surface area contributed by atoms with E-state index in [4.69, 9.17) is 4.74 Å². The van der Waals surface area contributed by atoms with Gasteiger partial charge in [0.2, 0.25) is 0 Å². The molecule has 0 saturated carbocycles. The zero-order valence-electron chi connectivity index (χ0n) is 11.6. The average molecular weight is 365 g/mol. The number of halogens is 1. The summed E-state index contributed by atoms with van der Waals surface area (Å²) in [6.45, 7) is 0. The van der Waals surface area contributed by atoms with Gasteiger partial charge in [0.25, 0.3) is 5.91 Å². The van der Waals surface area contributed by atoms with Gasteiger partial charge in [0, 0.05) is 10.0 Å². The van der Waals surface area contributed by atoms with E-state index in [1.54, 1.807) is 24.3 Å². The molecular formula is C15H13BrN2O4. The predicted octanol–water partition coefficient (Wildman–Crippen LogP) is 2.63. The zero-order chi connectivity index (χ0) is 16.1. The maximum Gasteiger partial charge on any atom is 0.275 e. The highest BCUT2D eigenvalue weighted by molar-refractivity contribution is 9.10. The summed E-state index contributed by atoms with van der Waals surface area (Å²) in [6, 6.07) is 9.39. The van der Waals surface area contributed by atoms with Gasteiger partial charge < -0.3 is 14.9 Å². The van der Waals surface area contributed by atoms with E-state index in [2.05, 4.69) is 26.5 Å². The first-order valence-corrected chi connectivity index (χ1v) is 7.00. The normalized spacial score (nSPS) is 10.6. The summed E-state index contributed by atoms with van der Waals surface area (Å²) in [5, 5.41) is 23.3. The van der Waals surface area contributed by atoms with Crippen LogP contribution >= 0.6 is 15.9 Å². The zero-order valence-corrected chi connectivity index (χ0v) is 13.2. The van der Waals surface area contributed by atoms with Crippen molar-refractivity contribution in [3.05, 3.63) is 52.0 Å². The number of phenols is 2. The van der Waals surface area contributed by atoms with E-state index < -0.39 is 5.91 Å². The Hall–Kier alpha value is -2.54. The minimum atomic E-state index is -0.572. The number of benzene rings is 2. The average Bonchev–Trinajstić information content (AvgIpc) is 2.51. The Morgan fingerprint density at radius 1 is 1.32 bits per heavy atom. The van der Waals surface area contributed by atoms with Crippen LogP contribution in [0.3, 0.4) is 0 Å². The van der Waals surface area contributed by atoms with Gasteiger partial charge >= 0.3 is 0 Å². The first-order chi connectivity index (χ1) is 10.5. The highest BCUT2D eigenvalue weighted by Gasteiger charge is 2.11. The Labute approximate surface area is 135 Å². The molecule has 0 bridgehead atoms. The molecule has 0 unspecified atom stereocenters. The van der Waals surface area contributed by atoms with Crippen molar-refractivity contribution in [3.63, 3.8) is 0 Å². The molecule has 0 saturated heterocycles. The van der Waals surface area contributed by atoms with Crippen LogP contribution in [0.4, 0.5) is 0 Å². The van der Waals surface area contributed by atoms with Crippen molar-refractivity contribution in [2.45, 2.75) is 0 Å². The number of carbonyl (C=O) groups excluding carboxylic acids is 1. The number of phenolic OH excluding ortho intramolecular Hbond substituents is 2. The fourth-order valence-corrected chi connectivity index (χ4v) is 2.08. The number of ether oxygens (including phenoxy) is 1. The summed E-state index contributed by atoms with van der Waals surface area (Å²) >= 11 is 3.22. The molecule has 0 atom stereocenters. The van der Waals surface area contributed by atoms with Gasteiger partial charge in [0.15, 0.2) is 11.5 Å². The van der Waals surface area contributed by atoms with E-state index in [9.17, 15) is 15.0 Å². The smallest absolute Gasteiger partial charge is 0.275 e. The lowest BCUT2D eigenvalue weighted by atomic mass is 10.2. The fraction of sp³-hybridized carbons (Fsp3) is 0.0667. The van der Waals surface area contributed by atoms with Gasteiger partial charge in [-0.1, -0.05) is 22.0 Å². The number of hydrogen-bond donors (Lipinski definition) is 3. The number of methoxy groups -OCH3 is 1. The van der Waals surface area contributed by atoms with Gasteiger partial charge in [0.05, 0.1) is 18.9 Å². The topological polar surface area (TPSA) is 91.2 Å². The molecule has 2 rings (SSSR count). The molecule has 0 aliphatic rings. The van der Waals surface area contributed by atoms with Crippen molar-refractivity contribution in [3.8, 4) is 17.2 Å². The van der Waals surface area contributed by atoms with Crippen LogP contribution in [0.2, 0.25) is 0 Å². The molecule has 0 fully saturated rings. The molecule has 2 aromatic carbocycles. The third-order valence-corrected chi connectivity index (χ3v) is 3.32. The van der Waals surface area contributed by atoms with Crippen LogP contribution in [0.1, 0.15) is 15.9 Å². The second-order valence-electron chi connectivity index (χ2n) is 4.26. The molecule has 0 aliphatic carbocycles. The third-order valence-electron chi connectivity index (χ3n) is 2.82. The molecule has 3 N–H and O–H groups in total. The molecule has 1 amide bonds. The van der Waals surface area contributed by atoms with Crippen LogP contribution in [0, 0.1) is 0 Å². The fourth-order valence-electron chi connectivity index (χ4n) is 1.72. The number of rotatable bonds is 4.